The van der Waals surface area contributed by atoms with Crippen molar-refractivity contribution in [1.82, 2.24) is 16.0 Å². The summed E-state index contributed by atoms with van der Waals surface area (Å²) in [5.41, 5.74) is 1.74. The average molecular weight is 1290 g/mol. The highest BCUT2D eigenvalue weighted by atomic mass is 16.8. The van der Waals surface area contributed by atoms with Crippen LogP contribution in [0.2, 0.25) is 0 Å². The minimum Gasteiger partial charge on any atom is -0.484 e. The van der Waals surface area contributed by atoms with Crippen LogP contribution in [-0.4, -0.2) is 321 Å². The summed E-state index contributed by atoms with van der Waals surface area (Å²) >= 11 is 0. The zero-order valence-corrected chi connectivity index (χ0v) is 50.6. The number of nitrogens with one attached hydrogen (secondary N) is 3. The zero-order valence-electron chi connectivity index (χ0n) is 50.6. The number of carbonyl (C=O) groups excluding carboxylic acids is 4. The van der Waals surface area contributed by atoms with Gasteiger partial charge < -0.3 is 138 Å². The molecule has 0 aliphatic carbocycles. The van der Waals surface area contributed by atoms with E-state index in [2.05, 4.69) is 20.7 Å². The molecule has 512 valence electrons. The van der Waals surface area contributed by atoms with Crippen LogP contribution >= 0.6 is 0 Å². The Morgan fingerprint density at radius 3 is 1.56 bits per heavy atom. The lowest BCUT2D eigenvalue weighted by Crippen LogP contribution is -2.68. The maximum Gasteiger partial charge on any atom is 0.307 e. The third kappa shape index (κ3) is 26.3. The number of rotatable bonds is 45. The molecule has 32 nitrogen and oxygen atoms in total. The number of aliphatic hydroxyl groups is 9. The van der Waals surface area contributed by atoms with Crippen molar-refractivity contribution in [3.05, 3.63) is 54.1 Å². The van der Waals surface area contributed by atoms with Crippen LogP contribution in [0.1, 0.15) is 30.1 Å². The van der Waals surface area contributed by atoms with Gasteiger partial charge in [-0.3, -0.25) is 19.2 Å². The lowest BCUT2D eigenvalue weighted by molar-refractivity contribution is -0.376. The highest BCUT2D eigenvalue weighted by molar-refractivity contribution is 5.96. The molecule has 2 aromatic rings. The second-order valence-electron chi connectivity index (χ2n) is 20.5. The number of esters is 1. The largest absolute Gasteiger partial charge is 0.484 e. The van der Waals surface area contributed by atoms with E-state index in [0.29, 0.717) is 105 Å². The van der Waals surface area contributed by atoms with Gasteiger partial charge in [0.1, 0.15) is 78.9 Å². The van der Waals surface area contributed by atoms with Gasteiger partial charge >= 0.3 is 5.97 Å². The molecule has 9 unspecified atom stereocenters. The first-order valence-corrected chi connectivity index (χ1v) is 29.7. The topological polar surface area (TPSA) is 434 Å². The maximum atomic E-state index is 13.4. The van der Waals surface area contributed by atoms with Crippen LogP contribution in [-0.2, 0) is 85.4 Å². The standard InChI is InChI=1S/C58H91N3O29/c1-36(65)61-46-49(70)53(89-58-52(73)54(48(69)42(33-63)87-58)90-57-51(72)50(71)47(68)41(32-62)86-57)43(34-64)88-56(46)84-12-6-10-59-44(66)35-85-40-30-38(37-7-4-3-5-8-37)29-39(31-40)55(74)60-11-14-77-16-18-79-20-22-81-24-26-83-28-27-82-25-23-80-21-19-78-17-15-76-13-9-45(67)75-2/h3-5,7-8,29-31,41-43,46-54,56-58,62-64,68-73H,6,9-28,32-35H2,1-2H3,(H,59,66)(H,60,74)(H,61,65)/t41?,42?,43?,46?,47-,48-,49?,50?,51?,52?,53-,54?,56+,57-,58-/m0/s1. The molecule has 3 saturated heterocycles. The molecule has 3 aliphatic heterocycles. The van der Waals surface area contributed by atoms with Crippen LogP contribution in [0.25, 0.3) is 11.1 Å². The summed E-state index contributed by atoms with van der Waals surface area (Å²) in [4.78, 5) is 49.7. The Labute approximate surface area is 521 Å². The molecular formula is C58H91N3O29. The van der Waals surface area contributed by atoms with E-state index >= 15 is 0 Å². The van der Waals surface area contributed by atoms with Crippen LogP contribution in [0.15, 0.2) is 48.5 Å². The van der Waals surface area contributed by atoms with Crippen molar-refractivity contribution < 1.29 is 141 Å². The van der Waals surface area contributed by atoms with Crippen molar-refractivity contribution in [2.75, 3.05) is 159 Å². The van der Waals surface area contributed by atoms with Gasteiger partial charge in [-0.15, -0.1) is 0 Å². The van der Waals surface area contributed by atoms with Crippen molar-refractivity contribution in [1.29, 1.82) is 0 Å². The smallest absolute Gasteiger partial charge is 0.307 e. The van der Waals surface area contributed by atoms with E-state index in [4.69, 9.17) is 71.1 Å². The number of benzene rings is 2. The van der Waals surface area contributed by atoms with Gasteiger partial charge in [0.15, 0.2) is 25.5 Å². The predicted octanol–water partition coefficient (Wildman–Crippen LogP) is -4.73. The molecule has 32 heteroatoms. The highest BCUT2D eigenvalue weighted by Crippen LogP contribution is 2.33. The van der Waals surface area contributed by atoms with Gasteiger partial charge in [-0.25, -0.2) is 0 Å². The van der Waals surface area contributed by atoms with E-state index in [1.807, 2.05) is 30.3 Å². The van der Waals surface area contributed by atoms with Crippen LogP contribution in [0, 0.1) is 0 Å². The second kappa shape index (κ2) is 43.2. The first kappa shape index (κ1) is 75.9. The van der Waals surface area contributed by atoms with Crippen LogP contribution in [0.5, 0.6) is 5.75 Å². The molecule has 3 amide bonds. The number of methoxy groups -OCH3 is 1. The lowest BCUT2D eigenvalue weighted by Gasteiger charge is -2.48. The van der Waals surface area contributed by atoms with Crippen LogP contribution in [0.4, 0.5) is 0 Å². The Kier molecular flexibility index (Phi) is 36.4. The number of hydrogen-bond donors (Lipinski definition) is 12. The molecule has 3 aliphatic rings. The van der Waals surface area contributed by atoms with Gasteiger partial charge in [-0.05, 0) is 35.7 Å². The Hall–Kier alpha value is -4.80. The molecule has 3 fully saturated rings. The number of carbonyl (C=O) groups is 4. The van der Waals surface area contributed by atoms with E-state index in [1.54, 1.807) is 12.1 Å². The van der Waals surface area contributed by atoms with Gasteiger partial charge in [-0.2, -0.15) is 0 Å². The SMILES string of the molecule is COC(=O)CCOCCOCCOCCOCCOCCOCCOCCOCCNC(=O)c1cc(OCC(=O)NCCCO[C@@H]2OC(CO)[C@H](O[C@@H]3OC(CO)[C@H](O)C(O[C@@H]4OC(CO)[C@H](O)C(O)C4O)C3O)C(O)C2NC(C)=O)cc(-c2ccccc2)c1. The molecule has 0 radical (unpaired) electrons. The Bertz CT molecular complexity index is 2320. The summed E-state index contributed by atoms with van der Waals surface area (Å²) in [5.74, 6) is -1.61. The molecule has 0 bridgehead atoms. The number of ether oxygens (including phenoxy) is 16. The summed E-state index contributed by atoms with van der Waals surface area (Å²) in [6, 6.07) is 12.8. The molecule has 12 N–H and O–H groups in total. The molecule has 5 rings (SSSR count). The summed E-state index contributed by atoms with van der Waals surface area (Å²) in [5, 5.41) is 103. The summed E-state index contributed by atoms with van der Waals surface area (Å²) in [6.07, 6.45) is -23.5. The monoisotopic (exact) mass is 1290 g/mol. The van der Waals surface area contributed by atoms with E-state index in [1.165, 1.54) is 13.2 Å². The molecule has 15 atom stereocenters. The van der Waals surface area contributed by atoms with Crippen LogP contribution < -0.4 is 20.7 Å². The fourth-order valence-electron chi connectivity index (χ4n) is 9.13. The Balaban J connectivity index is 0.950. The van der Waals surface area contributed by atoms with Crippen LogP contribution in [0.3, 0.4) is 0 Å². The highest BCUT2D eigenvalue weighted by Gasteiger charge is 2.54. The maximum absolute atomic E-state index is 13.4. The summed E-state index contributed by atoms with van der Waals surface area (Å²) < 4.78 is 88.5. The Morgan fingerprint density at radius 2 is 1.01 bits per heavy atom. The molecular weight excluding hydrogens is 1200 g/mol. The summed E-state index contributed by atoms with van der Waals surface area (Å²) in [6.45, 7) is 4.37. The fraction of sp³-hybridized carbons (Fsp3) is 0.724. The van der Waals surface area contributed by atoms with E-state index < -0.39 is 136 Å². The van der Waals surface area contributed by atoms with Crippen molar-refractivity contribution in [3.63, 3.8) is 0 Å². The molecule has 0 aromatic heterocycles. The third-order valence-corrected chi connectivity index (χ3v) is 13.9. The van der Waals surface area contributed by atoms with Gasteiger partial charge in [0.05, 0.1) is 146 Å². The average Bonchev–Trinajstić information content (AvgIpc) is 0.872. The lowest BCUT2D eigenvalue weighted by atomic mass is 9.95. The van der Waals surface area contributed by atoms with Crippen molar-refractivity contribution >= 4 is 23.7 Å². The molecule has 3 heterocycles. The second-order valence-corrected chi connectivity index (χ2v) is 20.5. The quantitative estimate of drug-likeness (QED) is 0.0219. The minimum atomic E-state index is -1.99. The molecule has 90 heavy (non-hydrogen) atoms. The van der Waals surface area contributed by atoms with E-state index in [9.17, 15) is 65.1 Å². The predicted molar refractivity (Wildman–Crippen MR) is 307 cm³/mol. The number of amides is 3. The minimum absolute atomic E-state index is 0.0629. The van der Waals surface area contributed by atoms with Crippen molar-refractivity contribution in [2.24, 2.45) is 0 Å². The Morgan fingerprint density at radius 1 is 0.500 bits per heavy atom. The molecule has 2 aromatic carbocycles. The van der Waals surface area contributed by atoms with Gasteiger partial charge in [-0.1, -0.05) is 30.3 Å². The van der Waals surface area contributed by atoms with E-state index in [0.717, 1.165) is 12.5 Å². The van der Waals surface area contributed by atoms with Crippen molar-refractivity contribution in [3.8, 4) is 16.9 Å². The molecule has 0 saturated carbocycles. The first-order chi connectivity index (χ1) is 43.6. The fourth-order valence-corrected chi connectivity index (χ4v) is 9.13. The number of hydrogen-bond acceptors (Lipinski definition) is 29. The third-order valence-electron chi connectivity index (χ3n) is 13.9. The van der Waals surface area contributed by atoms with E-state index in [-0.39, 0.29) is 56.4 Å². The zero-order chi connectivity index (χ0) is 65.0. The van der Waals surface area contributed by atoms with Crippen molar-refractivity contribution in [2.45, 2.75) is 112 Å². The van der Waals surface area contributed by atoms with Gasteiger partial charge in [0.25, 0.3) is 11.8 Å². The first-order valence-electron chi connectivity index (χ1n) is 29.7. The molecule has 0 spiro atoms. The summed E-state index contributed by atoms with van der Waals surface area (Å²) in [7, 11) is 1.33. The number of aliphatic hydroxyl groups excluding tert-OH is 9. The van der Waals surface area contributed by atoms with Gasteiger partial charge in [0.2, 0.25) is 5.91 Å². The normalized spacial score (nSPS) is 26.8. The van der Waals surface area contributed by atoms with Gasteiger partial charge in [0, 0.05) is 25.6 Å².